The number of carbonyl (C=O) groups excluding carboxylic acids is 1. The van der Waals surface area contributed by atoms with E-state index in [-0.39, 0.29) is 17.7 Å². The number of hydrogen-bond acceptors (Lipinski definition) is 4. The second-order valence-electron chi connectivity index (χ2n) is 6.63. The first-order chi connectivity index (χ1) is 12.7. The van der Waals surface area contributed by atoms with Gasteiger partial charge in [0, 0.05) is 19.6 Å². The summed E-state index contributed by atoms with van der Waals surface area (Å²) in [6, 6.07) is 14.5. The lowest BCUT2D eigenvalue weighted by atomic mass is 9.98. The van der Waals surface area contributed by atoms with Crippen molar-refractivity contribution in [2.45, 2.75) is 25.3 Å². The molecule has 0 spiro atoms. The molecule has 1 aliphatic rings. The van der Waals surface area contributed by atoms with Crippen LogP contribution in [0.1, 0.15) is 30.2 Å². The van der Waals surface area contributed by atoms with Crippen LogP contribution in [0.4, 0.5) is 4.79 Å². The average Bonchev–Trinajstić information content (AvgIpc) is 3.12. The van der Waals surface area contributed by atoms with E-state index in [0.29, 0.717) is 19.0 Å². The van der Waals surface area contributed by atoms with Crippen molar-refractivity contribution < 1.29 is 14.3 Å². The minimum absolute atomic E-state index is 0.0844. The summed E-state index contributed by atoms with van der Waals surface area (Å²) >= 11 is 0. The summed E-state index contributed by atoms with van der Waals surface area (Å²) in [5.41, 5.74) is 2.59. The van der Waals surface area contributed by atoms with Gasteiger partial charge in [0.25, 0.3) is 0 Å². The molecule has 1 saturated heterocycles. The maximum absolute atomic E-state index is 12.5. The number of nitrogens with one attached hydrogen (secondary N) is 1. The molecule has 3 aromatic rings. The summed E-state index contributed by atoms with van der Waals surface area (Å²) in [5, 5.41) is 12.3. The number of aromatic nitrogens is 1. The SMILES string of the molecule is O=C(NCc1ccc(O)cc1)N1CCCC(c2nc3ccccc3o2)C1. The Kier molecular flexibility index (Phi) is 4.48. The molecular weight excluding hydrogens is 330 g/mol. The maximum Gasteiger partial charge on any atom is 0.317 e. The topological polar surface area (TPSA) is 78.6 Å². The van der Waals surface area contributed by atoms with Gasteiger partial charge in [0.05, 0.1) is 5.92 Å². The number of nitrogens with zero attached hydrogens (tertiary/aromatic N) is 2. The number of aromatic hydroxyl groups is 1. The number of para-hydroxylation sites is 2. The van der Waals surface area contributed by atoms with Crippen LogP contribution in [0.15, 0.2) is 52.9 Å². The molecule has 1 atom stereocenters. The third-order valence-corrected chi connectivity index (χ3v) is 4.75. The molecule has 26 heavy (non-hydrogen) atoms. The van der Waals surface area contributed by atoms with Gasteiger partial charge >= 0.3 is 6.03 Å². The van der Waals surface area contributed by atoms with Gasteiger partial charge in [-0.05, 0) is 42.7 Å². The smallest absolute Gasteiger partial charge is 0.317 e. The summed E-state index contributed by atoms with van der Waals surface area (Å²) in [6.45, 7) is 1.77. The molecule has 4 rings (SSSR count). The van der Waals surface area contributed by atoms with Gasteiger partial charge in [-0.2, -0.15) is 0 Å². The van der Waals surface area contributed by atoms with E-state index in [2.05, 4.69) is 10.3 Å². The van der Waals surface area contributed by atoms with Crippen molar-refractivity contribution in [3.8, 4) is 5.75 Å². The Morgan fingerprint density at radius 1 is 1.23 bits per heavy atom. The van der Waals surface area contributed by atoms with Crippen LogP contribution >= 0.6 is 0 Å². The highest BCUT2D eigenvalue weighted by molar-refractivity contribution is 5.74. The molecule has 2 amide bonds. The fraction of sp³-hybridized carbons (Fsp3) is 0.300. The number of carbonyl (C=O) groups is 1. The lowest BCUT2D eigenvalue weighted by molar-refractivity contribution is 0.174. The molecule has 1 unspecified atom stereocenters. The average molecular weight is 351 g/mol. The van der Waals surface area contributed by atoms with Gasteiger partial charge in [-0.15, -0.1) is 0 Å². The maximum atomic E-state index is 12.5. The molecule has 1 fully saturated rings. The van der Waals surface area contributed by atoms with E-state index >= 15 is 0 Å². The van der Waals surface area contributed by atoms with E-state index in [1.54, 1.807) is 24.3 Å². The number of phenolic OH excluding ortho intramolecular Hbond substituents is 1. The minimum atomic E-state index is -0.0844. The molecule has 134 valence electrons. The van der Waals surface area contributed by atoms with Crippen LogP contribution in [0.3, 0.4) is 0 Å². The van der Waals surface area contributed by atoms with E-state index < -0.39 is 0 Å². The summed E-state index contributed by atoms with van der Waals surface area (Å²) in [4.78, 5) is 18.9. The number of piperidine rings is 1. The highest BCUT2D eigenvalue weighted by Gasteiger charge is 2.28. The third-order valence-electron chi connectivity index (χ3n) is 4.75. The zero-order chi connectivity index (χ0) is 17.9. The lowest BCUT2D eigenvalue weighted by Crippen LogP contribution is -2.44. The fourth-order valence-electron chi connectivity index (χ4n) is 3.33. The quantitative estimate of drug-likeness (QED) is 0.755. The summed E-state index contributed by atoms with van der Waals surface area (Å²) in [7, 11) is 0. The molecule has 0 bridgehead atoms. The Morgan fingerprint density at radius 3 is 2.85 bits per heavy atom. The van der Waals surface area contributed by atoms with Gasteiger partial charge in [0.2, 0.25) is 0 Å². The van der Waals surface area contributed by atoms with E-state index in [9.17, 15) is 9.90 Å². The number of oxazole rings is 1. The minimum Gasteiger partial charge on any atom is -0.508 e. The van der Waals surface area contributed by atoms with Crippen molar-refractivity contribution in [2.75, 3.05) is 13.1 Å². The van der Waals surface area contributed by atoms with Crippen molar-refractivity contribution in [3.63, 3.8) is 0 Å². The predicted octanol–water partition coefficient (Wildman–Crippen LogP) is 3.62. The Hall–Kier alpha value is -3.02. The van der Waals surface area contributed by atoms with Crippen LogP contribution in [0.2, 0.25) is 0 Å². The first-order valence-corrected chi connectivity index (χ1v) is 8.85. The Bertz CT molecular complexity index is 871. The first-order valence-electron chi connectivity index (χ1n) is 8.85. The number of fused-ring (bicyclic) bond motifs is 1. The molecule has 6 heteroatoms. The summed E-state index contributed by atoms with van der Waals surface area (Å²) in [6.07, 6.45) is 1.89. The van der Waals surface area contributed by atoms with Gasteiger partial charge < -0.3 is 19.7 Å². The Balaban J connectivity index is 1.39. The molecule has 0 radical (unpaired) electrons. The van der Waals surface area contributed by atoms with Crippen LogP contribution in [-0.4, -0.2) is 34.1 Å². The van der Waals surface area contributed by atoms with Gasteiger partial charge in [0.1, 0.15) is 11.3 Å². The molecular formula is C20H21N3O3. The molecule has 2 N–H and O–H groups in total. The van der Waals surface area contributed by atoms with E-state index in [1.165, 1.54) is 0 Å². The van der Waals surface area contributed by atoms with Crippen molar-refractivity contribution in [3.05, 3.63) is 60.0 Å². The van der Waals surface area contributed by atoms with Gasteiger partial charge in [0.15, 0.2) is 11.5 Å². The predicted molar refractivity (Wildman–Crippen MR) is 97.9 cm³/mol. The van der Waals surface area contributed by atoms with Gasteiger partial charge in [-0.3, -0.25) is 0 Å². The number of benzene rings is 2. The monoisotopic (exact) mass is 351 g/mol. The highest BCUT2D eigenvalue weighted by Crippen LogP contribution is 2.29. The molecule has 0 saturated carbocycles. The third kappa shape index (κ3) is 3.49. The number of rotatable bonds is 3. The Labute approximate surface area is 151 Å². The largest absolute Gasteiger partial charge is 0.508 e. The number of urea groups is 1. The number of likely N-dealkylation sites (tertiary alicyclic amines) is 1. The van der Waals surface area contributed by atoms with Crippen LogP contribution in [0, 0.1) is 0 Å². The fourth-order valence-corrected chi connectivity index (χ4v) is 3.33. The van der Waals surface area contributed by atoms with Crippen molar-refractivity contribution in [2.24, 2.45) is 0 Å². The van der Waals surface area contributed by atoms with Gasteiger partial charge in [-0.25, -0.2) is 9.78 Å². The van der Waals surface area contributed by atoms with Crippen molar-refractivity contribution in [1.29, 1.82) is 0 Å². The molecule has 1 aliphatic heterocycles. The van der Waals surface area contributed by atoms with E-state index in [1.807, 2.05) is 29.2 Å². The molecule has 1 aromatic heterocycles. The lowest BCUT2D eigenvalue weighted by Gasteiger charge is -2.31. The molecule has 0 aliphatic carbocycles. The zero-order valence-electron chi connectivity index (χ0n) is 14.4. The summed E-state index contributed by atoms with van der Waals surface area (Å²) in [5.74, 6) is 1.05. The molecule has 6 nitrogen and oxygen atoms in total. The number of phenols is 1. The van der Waals surface area contributed by atoms with Crippen LogP contribution in [-0.2, 0) is 6.54 Å². The normalized spacial score (nSPS) is 17.4. The molecule has 2 heterocycles. The standard InChI is InChI=1S/C20H21N3O3/c24-16-9-7-14(8-10-16)12-21-20(25)23-11-3-4-15(13-23)19-22-17-5-1-2-6-18(17)26-19/h1-2,5-10,15,24H,3-4,11-13H2,(H,21,25). The van der Waals surface area contributed by atoms with Gasteiger partial charge in [-0.1, -0.05) is 24.3 Å². The van der Waals surface area contributed by atoms with Crippen LogP contribution in [0.5, 0.6) is 5.75 Å². The highest BCUT2D eigenvalue weighted by atomic mass is 16.3. The number of amides is 2. The van der Waals surface area contributed by atoms with E-state index in [0.717, 1.165) is 36.0 Å². The first kappa shape index (κ1) is 16.4. The number of hydrogen-bond donors (Lipinski definition) is 2. The molecule has 2 aromatic carbocycles. The summed E-state index contributed by atoms with van der Waals surface area (Å²) < 4.78 is 5.88. The van der Waals surface area contributed by atoms with Crippen molar-refractivity contribution in [1.82, 2.24) is 15.2 Å². The second kappa shape index (κ2) is 7.07. The second-order valence-corrected chi connectivity index (χ2v) is 6.63. The van der Waals surface area contributed by atoms with Crippen LogP contribution < -0.4 is 5.32 Å². The van der Waals surface area contributed by atoms with Crippen LogP contribution in [0.25, 0.3) is 11.1 Å². The van der Waals surface area contributed by atoms with Crippen molar-refractivity contribution >= 4 is 17.1 Å². The van der Waals surface area contributed by atoms with E-state index in [4.69, 9.17) is 4.42 Å². The Morgan fingerprint density at radius 2 is 2.04 bits per heavy atom. The zero-order valence-corrected chi connectivity index (χ0v) is 14.4.